The number of para-hydroxylation sites is 1. The van der Waals surface area contributed by atoms with E-state index in [9.17, 15) is 5.11 Å². The number of rotatable bonds is 5. The zero-order chi connectivity index (χ0) is 22.4. The fraction of sp³-hybridized carbons (Fsp3) is 0.138. The van der Waals surface area contributed by atoms with Crippen LogP contribution in [0.4, 0.5) is 0 Å². The summed E-state index contributed by atoms with van der Waals surface area (Å²) in [5.74, 6) is 0.170. The summed E-state index contributed by atoms with van der Waals surface area (Å²) in [6.45, 7) is 0. The predicted molar refractivity (Wildman–Crippen MR) is 134 cm³/mol. The summed E-state index contributed by atoms with van der Waals surface area (Å²) in [4.78, 5) is 6.61. The number of pyridine rings is 1. The summed E-state index contributed by atoms with van der Waals surface area (Å²) < 4.78 is 0. The number of halogens is 1. The minimum absolute atomic E-state index is 0.115. The third kappa shape index (κ3) is 3.84. The molecule has 2 aliphatic heterocycles. The minimum atomic E-state index is -0.380. The number of aliphatic hydroxyl groups excluding tert-OH is 1. The molecule has 3 heterocycles. The van der Waals surface area contributed by atoms with Crippen LogP contribution in [0.25, 0.3) is 22.0 Å². The van der Waals surface area contributed by atoms with E-state index in [-0.39, 0.29) is 18.2 Å². The Balaban J connectivity index is 1.41. The Bertz CT molecular complexity index is 1390. The molecule has 1 aromatic heterocycles. The van der Waals surface area contributed by atoms with E-state index in [0.717, 1.165) is 33.5 Å². The van der Waals surface area contributed by atoms with Gasteiger partial charge in [0.25, 0.3) is 0 Å². The molecule has 6 rings (SSSR count). The van der Waals surface area contributed by atoms with Crippen molar-refractivity contribution in [3.63, 3.8) is 0 Å². The van der Waals surface area contributed by atoms with E-state index < -0.39 is 0 Å². The van der Waals surface area contributed by atoms with Gasteiger partial charge < -0.3 is 10.0 Å². The topological polar surface area (TPSA) is 36.1 Å². The number of hydrogen-bond donors (Lipinski definition) is 1. The molecule has 3 atom stereocenters. The van der Waals surface area contributed by atoms with Crippen LogP contribution in [0.1, 0.15) is 23.5 Å². The zero-order valence-electron chi connectivity index (χ0n) is 18.0. The van der Waals surface area contributed by atoms with E-state index in [1.165, 1.54) is 16.7 Å². The van der Waals surface area contributed by atoms with Crippen molar-refractivity contribution in [3.05, 3.63) is 125 Å². The van der Waals surface area contributed by atoms with Gasteiger partial charge >= 0.3 is 0 Å². The molecular weight excluding hydrogens is 428 g/mol. The first kappa shape index (κ1) is 20.2. The molecule has 0 saturated carbocycles. The molecule has 0 radical (unpaired) electrons. The van der Waals surface area contributed by atoms with E-state index in [1.807, 2.05) is 35.5 Å². The highest BCUT2D eigenvalue weighted by molar-refractivity contribution is 6.30. The van der Waals surface area contributed by atoms with Crippen molar-refractivity contribution in [2.45, 2.75) is 24.6 Å². The first-order chi connectivity index (χ1) is 16.2. The number of allylic oxidation sites excluding steroid dienone is 2. The molecule has 0 amide bonds. The van der Waals surface area contributed by atoms with E-state index in [2.05, 4.69) is 77.8 Å². The number of fused-ring (bicyclic) bond motifs is 2. The van der Waals surface area contributed by atoms with Gasteiger partial charge in [0.15, 0.2) is 6.23 Å². The Labute approximate surface area is 198 Å². The fourth-order valence-electron chi connectivity index (χ4n) is 4.82. The van der Waals surface area contributed by atoms with Gasteiger partial charge in [-0.15, -0.1) is 0 Å². The molecule has 2 aliphatic rings. The molecule has 3 nitrogen and oxygen atoms in total. The van der Waals surface area contributed by atoms with Crippen LogP contribution < -0.4 is 0 Å². The van der Waals surface area contributed by atoms with Crippen molar-refractivity contribution >= 4 is 22.5 Å². The van der Waals surface area contributed by atoms with E-state index in [1.54, 1.807) is 0 Å². The summed E-state index contributed by atoms with van der Waals surface area (Å²) >= 11 is 6.19. The van der Waals surface area contributed by atoms with Crippen molar-refractivity contribution in [1.29, 1.82) is 0 Å². The largest absolute Gasteiger partial charge is 0.371 e. The second-order valence-electron chi connectivity index (χ2n) is 8.72. The van der Waals surface area contributed by atoms with Gasteiger partial charge in [-0.2, -0.15) is 0 Å². The Hall–Kier alpha value is -3.40. The van der Waals surface area contributed by atoms with Gasteiger partial charge in [0.2, 0.25) is 0 Å². The lowest BCUT2D eigenvalue weighted by Gasteiger charge is -2.21. The van der Waals surface area contributed by atoms with Gasteiger partial charge in [0, 0.05) is 34.3 Å². The maximum Gasteiger partial charge on any atom is 0.151 e. The van der Waals surface area contributed by atoms with Crippen molar-refractivity contribution in [2.75, 3.05) is 0 Å². The number of aromatic nitrogens is 1. The number of nitrogens with zero attached hydrogens (tertiary/aromatic N) is 2. The van der Waals surface area contributed by atoms with Gasteiger partial charge in [-0.25, -0.2) is 0 Å². The summed E-state index contributed by atoms with van der Waals surface area (Å²) in [6, 6.07) is 27.4. The highest BCUT2D eigenvalue weighted by Gasteiger charge is 2.43. The smallest absolute Gasteiger partial charge is 0.151 e. The maximum atomic E-state index is 10.0. The van der Waals surface area contributed by atoms with Gasteiger partial charge in [0.1, 0.15) is 0 Å². The van der Waals surface area contributed by atoms with Crippen LogP contribution in [0, 0.1) is 0 Å². The van der Waals surface area contributed by atoms with Crippen LogP contribution in [-0.4, -0.2) is 27.3 Å². The highest BCUT2D eigenvalue weighted by Crippen LogP contribution is 2.39. The fourth-order valence-corrected chi connectivity index (χ4v) is 4.95. The van der Waals surface area contributed by atoms with E-state index in [4.69, 9.17) is 11.6 Å². The molecule has 33 heavy (non-hydrogen) atoms. The standard InChI is InChI=1S/C29H23ClN2O/c30-24-11-9-20(10-12-24)26(16-19-13-15-32-27(17-19)29(32)33)23-6-1-5-22(18-23)25-8-2-4-21-7-3-14-31-28(21)25/h1-15,17-18,26-27,29,33H,16H2. The van der Waals surface area contributed by atoms with Gasteiger partial charge in [0.05, 0.1) is 11.6 Å². The highest BCUT2D eigenvalue weighted by atomic mass is 35.5. The normalized spacial score (nSPS) is 19.8. The van der Waals surface area contributed by atoms with E-state index >= 15 is 0 Å². The van der Waals surface area contributed by atoms with Crippen molar-refractivity contribution < 1.29 is 5.11 Å². The van der Waals surface area contributed by atoms with Gasteiger partial charge in [-0.3, -0.25) is 4.98 Å². The molecule has 1 saturated heterocycles. The second kappa shape index (κ2) is 8.18. The Morgan fingerprint density at radius 3 is 2.61 bits per heavy atom. The van der Waals surface area contributed by atoms with Crippen LogP contribution in [-0.2, 0) is 0 Å². The molecule has 1 fully saturated rings. The molecule has 162 valence electrons. The molecule has 0 bridgehead atoms. The van der Waals surface area contributed by atoms with Crippen LogP contribution in [0.15, 0.2) is 109 Å². The van der Waals surface area contributed by atoms with Crippen molar-refractivity contribution in [1.82, 2.24) is 9.88 Å². The van der Waals surface area contributed by atoms with Crippen molar-refractivity contribution in [2.24, 2.45) is 0 Å². The Kier molecular flexibility index (Phi) is 5.01. The van der Waals surface area contributed by atoms with Crippen LogP contribution in [0.5, 0.6) is 0 Å². The third-order valence-electron chi connectivity index (χ3n) is 6.66. The molecule has 0 spiro atoms. The monoisotopic (exact) mass is 450 g/mol. The van der Waals surface area contributed by atoms with Crippen LogP contribution >= 0.6 is 11.6 Å². The summed E-state index contributed by atoms with van der Waals surface area (Å²) in [6.07, 6.45) is 8.63. The second-order valence-corrected chi connectivity index (χ2v) is 9.16. The lowest BCUT2D eigenvalue weighted by Crippen LogP contribution is -2.05. The molecule has 4 heteroatoms. The van der Waals surface area contributed by atoms with Gasteiger partial charge in [-0.05, 0) is 53.0 Å². The summed E-state index contributed by atoms with van der Waals surface area (Å²) in [7, 11) is 0. The first-order valence-electron chi connectivity index (χ1n) is 11.2. The number of aliphatic hydroxyl groups is 1. The van der Waals surface area contributed by atoms with Gasteiger partial charge in [-0.1, -0.05) is 78.3 Å². The SMILES string of the molecule is OC1C2C=C(CC(c3ccc(Cl)cc3)c3cccc(-c4cccc5cccnc45)c3)C=CN12. The quantitative estimate of drug-likeness (QED) is 0.351. The third-order valence-corrected chi connectivity index (χ3v) is 6.91. The molecule has 3 aromatic carbocycles. The Morgan fingerprint density at radius 2 is 1.76 bits per heavy atom. The van der Waals surface area contributed by atoms with Crippen LogP contribution in [0.3, 0.4) is 0 Å². The zero-order valence-corrected chi connectivity index (χ0v) is 18.7. The average molecular weight is 451 g/mol. The lowest BCUT2D eigenvalue weighted by atomic mass is 9.84. The summed E-state index contributed by atoms with van der Waals surface area (Å²) in [5, 5.41) is 11.9. The molecule has 0 aliphatic carbocycles. The maximum absolute atomic E-state index is 10.0. The Morgan fingerprint density at radius 1 is 0.939 bits per heavy atom. The molecule has 4 aromatic rings. The number of hydrogen-bond acceptors (Lipinski definition) is 3. The minimum Gasteiger partial charge on any atom is -0.371 e. The average Bonchev–Trinajstić information content (AvgIpc) is 3.51. The molecular formula is C29H23ClN2O. The van der Waals surface area contributed by atoms with Crippen molar-refractivity contribution in [3.8, 4) is 11.1 Å². The first-order valence-corrected chi connectivity index (χ1v) is 11.6. The number of benzene rings is 3. The van der Waals surface area contributed by atoms with Crippen LogP contribution in [0.2, 0.25) is 5.02 Å². The molecule has 3 unspecified atom stereocenters. The molecule has 1 N–H and O–H groups in total. The lowest BCUT2D eigenvalue weighted by molar-refractivity contribution is 0.232. The van der Waals surface area contributed by atoms with E-state index in [0.29, 0.717) is 0 Å². The summed E-state index contributed by atoms with van der Waals surface area (Å²) in [5.41, 5.74) is 7.02. The predicted octanol–water partition coefficient (Wildman–Crippen LogP) is 6.53.